The zero-order valence-electron chi connectivity index (χ0n) is 90.3. The number of unbranched alkanes of at least 4 members (excludes halogenated alkanes) is 12. The molecule has 0 fully saturated rings. The third kappa shape index (κ3) is 154. The van der Waals surface area contributed by atoms with E-state index in [4.69, 9.17) is 81.3 Å². The molecule has 0 saturated heterocycles. The zero-order valence-corrected chi connectivity index (χ0v) is 90.3. The fourth-order valence-corrected chi connectivity index (χ4v) is 7.36. The number of aliphatic hydroxyl groups is 2. The van der Waals surface area contributed by atoms with Crippen molar-refractivity contribution in [2.75, 3.05) is 159 Å². The summed E-state index contributed by atoms with van der Waals surface area (Å²) in [5.41, 5.74) is 2.60. The van der Waals surface area contributed by atoms with Crippen LogP contribution in [0.15, 0.2) is 149 Å². The Bertz CT molecular complexity index is 3080. The minimum absolute atomic E-state index is 0.0569. The zero-order chi connectivity index (χ0) is 110. The van der Waals surface area contributed by atoms with Crippen molar-refractivity contribution >= 4 is 71.6 Å². The average Bonchev–Trinajstić information content (AvgIpc) is 0.946. The molecule has 2 N–H and O–H groups in total. The second-order valence-corrected chi connectivity index (χ2v) is 30.6. The molecule has 0 aliphatic carbocycles. The van der Waals surface area contributed by atoms with Gasteiger partial charge in [-0.25, -0.2) is 57.5 Å². The molecule has 0 heterocycles. The van der Waals surface area contributed by atoms with Gasteiger partial charge < -0.3 is 95.5 Å². The van der Waals surface area contributed by atoms with Gasteiger partial charge in [0.25, 0.3) is 0 Å². The topological polar surface area (TPSA) is 411 Å². The predicted molar refractivity (Wildman–Crippen MR) is 556 cm³/mol. The first kappa shape index (κ1) is 156. The molecule has 0 spiro atoms. The Morgan fingerprint density at radius 1 is 0.207 bits per heavy atom. The van der Waals surface area contributed by atoms with E-state index in [1.165, 1.54) is 56.8 Å². The lowest BCUT2D eigenvalue weighted by Crippen LogP contribution is -2.17. The number of rotatable bonds is 70. The Balaban J connectivity index is -0.000000128. The maximum atomic E-state index is 10.9. The minimum atomic E-state index is -0.557. The minimum Gasteiger partial charge on any atom is -0.463 e. The molecule has 32 nitrogen and oxygen atoms in total. The molecule has 140 heavy (non-hydrogen) atoms. The van der Waals surface area contributed by atoms with E-state index >= 15 is 0 Å². The van der Waals surface area contributed by atoms with Crippen molar-refractivity contribution in [1.29, 1.82) is 0 Å². The van der Waals surface area contributed by atoms with E-state index in [2.05, 4.69) is 149 Å². The summed E-state index contributed by atoms with van der Waals surface area (Å²) in [4.78, 5) is 128. The van der Waals surface area contributed by atoms with Crippen LogP contribution in [-0.2, 0) is 143 Å². The highest BCUT2D eigenvalue weighted by Gasteiger charge is 2.11. The fraction of sp³-hybridized carbons (Fsp3) is 0.667. The van der Waals surface area contributed by atoms with Crippen LogP contribution in [0, 0.1) is 11.8 Å². The Morgan fingerprint density at radius 2 is 0.379 bits per heavy atom. The van der Waals surface area contributed by atoms with Gasteiger partial charge in [0.05, 0.1) is 105 Å². The van der Waals surface area contributed by atoms with E-state index in [0.29, 0.717) is 177 Å². The summed E-state index contributed by atoms with van der Waals surface area (Å²) >= 11 is 0. The van der Waals surface area contributed by atoms with Crippen LogP contribution in [0.4, 0.5) is 0 Å². The number of hydrogen-bond donors (Lipinski definition) is 2. The molecule has 0 aliphatic heterocycles. The van der Waals surface area contributed by atoms with E-state index in [9.17, 15) is 57.5 Å². The van der Waals surface area contributed by atoms with Gasteiger partial charge in [-0.3, -0.25) is 0 Å². The molecule has 0 aromatic rings. The third-order valence-corrected chi connectivity index (χ3v) is 16.2. The quantitative estimate of drug-likeness (QED) is 0.0247. The number of aliphatic hydroxyl groups excluding tert-OH is 2. The molecule has 4 atom stereocenters. The summed E-state index contributed by atoms with van der Waals surface area (Å²) in [5, 5.41) is 17.9. The van der Waals surface area contributed by atoms with Gasteiger partial charge in [0.1, 0.15) is 39.6 Å². The van der Waals surface area contributed by atoms with Crippen molar-refractivity contribution in [2.45, 2.75) is 305 Å². The molecule has 0 rings (SSSR count). The second kappa shape index (κ2) is 129. The highest BCUT2D eigenvalue weighted by atomic mass is 16.6. The van der Waals surface area contributed by atoms with Gasteiger partial charge in [-0.2, -0.15) is 0 Å². The van der Waals surface area contributed by atoms with Crippen LogP contribution in [0.25, 0.3) is 0 Å². The smallest absolute Gasteiger partial charge is 0.333 e. The van der Waals surface area contributed by atoms with Crippen molar-refractivity contribution in [2.24, 2.45) is 11.8 Å². The summed E-state index contributed by atoms with van der Waals surface area (Å²) < 4.78 is 88.1. The maximum Gasteiger partial charge on any atom is 0.333 e. The fourth-order valence-electron chi connectivity index (χ4n) is 7.36. The first-order chi connectivity index (χ1) is 66.5. The summed E-state index contributed by atoms with van der Waals surface area (Å²) in [5.74, 6) is -3.40. The Hall–Kier alpha value is -9.80. The van der Waals surface area contributed by atoms with Gasteiger partial charge in [0.15, 0.2) is 0 Å². The number of carbonyl (C=O) groups excluding carboxylic acids is 12. The molecule has 0 saturated carbocycles. The first-order valence-electron chi connectivity index (χ1n) is 49.1. The average molecular weight is 2000 g/mol. The van der Waals surface area contributed by atoms with Gasteiger partial charge in [-0.15, -0.1) is 0 Å². The highest BCUT2D eigenvalue weighted by molar-refractivity contribution is 5.89. The molecule has 0 amide bonds. The highest BCUT2D eigenvalue weighted by Crippen LogP contribution is 2.08. The lowest BCUT2D eigenvalue weighted by atomic mass is 10.1. The maximum absolute atomic E-state index is 10.9. The van der Waals surface area contributed by atoms with Crippen LogP contribution in [-0.4, -0.2) is 253 Å². The van der Waals surface area contributed by atoms with Crippen LogP contribution in [0.2, 0.25) is 0 Å². The van der Waals surface area contributed by atoms with Crippen LogP contribution < -0.4 is 0 Å². The van der Waals surface area contributed by atoms with E-state index < -0.39 is 36.1 Å². The van der Waals surface area contributed by atoms with Crippen LogP contribution in [0.5, 0.6) is 0 Å². The first-order valence-corrected chi connectivity index (χ1v) is 49.1. The molecule has 0 aromatic carbocycles. The van der Waals surface area contributed by atoms with Crippen LogP contribution in [0.1, 0.15) is 293 Å². The van der Waals surface area contributed by atoms with Gasteiger partial charge in [-0.1, -0.05) is 266 Å². The molecule has 32 heteroatoms. The standard InChI is InChI=1S/C11H20O4.C11H20O2.C10H18O4.C10H18O2.C9H16O3.2C9H16O2.2C8H14O3.2C8H14O2.C7H12O3/c1-4-5-13-6-7-14-8-9-15-11(12)10(2)3;1-4-5-6-7-8-9-13-11(12)10(2)3;1-3-5-12-6-7-13-8-9-14-10(11)4-2;1-3-5-6-7-8-9-12-10(11)4-2;1-4-5-11-6-7-12-9(10)8(2)3;1-5-8(4)6-11-9(10)7(2)3;1-4-5-6-7-11-9(10)8(2)3;1-4-7(9)5-11-8(10)6(2)3;1-3-5-10-6-7-11-8(9)4-2;1-4-7(3)6-10-8(9)5-2;1-3-5-6-7-10-8(9)4-2;1-3-6(8)5-10-7(9)4-2/h2,4-9H2,1,3H3;2,4-9H2,1,3H3;4H,2-3,5-9H2,1H3;4H,2-3,5-9H2,1H3;2,4-7H2,1,3H3;8H,2,5-6H2,1,3-4H3;2,4-7H2,1,3H3;7,9H,2,4-5H2,1,3H3;4H,2-3,5-7H2,1H3;5,7H,2,4,6H2,1,3H3;4H,2-3,5-7H2,1H3;4,6,8H,2-3,5H2,1H3. The summed E-state index contributed by atoms with van der Waals surface area (Å²) in [7, 11) is 0. The van der Waals surface area contributed by atoms with Crippen molar-refractivity contribution in [3.63, 3.8) is 0 Å². The predicted octanol–water partition coefficient (Wildman–Crippen LogP) is 20.6. The van der Waals surface area contributed by atoms with Gasteiger partial charge >= 0.3 is 71.6 Å². The Morgan fingerprint density at radius 3 is 0.614 bits per heavy atom. The van der Waals surface area contributed by atoms with Gasteiger partial charge in [0, 0.05) is 96.3 Å². The number of hydrogen-bond acceptors (Lipinski definition) is 32. The second-order valence-electron chi connectivity index (χ2n) is 30.6. The Kier molecular flexibility index (Phi) is 144. The molecular formula is C108H192O32. The molecule has 4 unspecified atom stereocenters. The number of ether oxygens (including phenoxy) is 18. The number of carbonyl (C=O) groups is 12. The van der Waals surface area contributed by atoms with Gasteiger partial charge in [-0.05, 0) is 118 Å². The van der Waals surface area contributed by atoms with Crippen molar-refractivity contribution < 1.29 is 153 Å². The lowest BCUT2D eigenvalue weighted by Gasteiger charge is -2.08. The molecular weight excluding hydrogens is 1810 g/mol. The third-order valence-electron chi connectivity index (χ3n) is 16.2. The number of esters is 12. The monoisotopic (exact) mass is 2000 g/mol. The molecule has 0 aromatic heterocycles. The normalized spacial score (nSPS) is 10.3. The van der Waals surface area contributed by atoms with Crippen LogP contribution in [0.3, 0.4) is 0 Å². The van der Waals surface area contributed by atoms with Crippen LogP contribution >= 0.6 is 0 Å². The Labute approximate surface area is 844 Å². The molecule has 0 bridgehead atoms. The van der Waals surface area contributed by atoms with Crippen molar-refractivity contribution in [1.82, 2.24) is 0 Å². The van der Waals surface area contributed by atoms with E-state index in [-0.39, 0.29) is 74.2 Å². The van der Waals surface area contributed by atoms with E-state index in [0.717, 1.165) is 134 Å². The van der Waals surface area contributed by atoms with E-state index in [1.807, 2.05) is 41.5 Å². The summed E-state index contributed by atoms with van der Waals surface area (Å²) in [6.45, 7) is 90.1. The molecule has 816 valence electrons. The van der Waals surface area contributed by atoms with Gasteiger partial charge in [0.2, 0.25) is 0 Å². The van der Waals surface area contributed by atoms with Crippen molar-refractivity contribution in [3.8, 4) is 0 Å². The van der Waals surface area contributed by atoms with E-state index in [1.54, 1.807) is 41.5 Å². The molecule has 0 radical (unpaired) electrons. The van der Waals surface area contributed by atoms with Crippen molar-refractivity contribution in [3.05, 3.63) is 149 Å². The summed E-state index contributed by atoms with van der Waals surface area (Å²) in [6.07, 6.45) is 31.2. The summed E-state index contributed by atoms with van der Waals surface area (Å²) in [6, 6.07) is 0. The SMILES string of the molecule is C=C(C)C(=O)OCC(C)CC.C=C(C)C(=O)OCC(O)CC.C=C(C)C(=O)OCCCCC.C=C(C)C(=O)OCCCCCCC.C=C(C)C(=O)OCCOCCC.C=C(C)C(=O)OCCOCCOCCC.C=CC(=O)OCC(C)CC.C=CC(=O)OCC(O)CC.C=CC(=O)OCCCCC.C=CC(=O)OCCCCCCC.C=CC(=O)OCCOCCC.C=CC(=O)OCCOCCOCCC. The lowest BCUT2D eigenvalue weighted by molar-refractivity contribution is -0.142. The molecule has 0 aliphatic rings. The largest absolute Gasteiger partial charge is 0.463 e.